The molecular formula is C24H22Cl2N4O. The molecule has 7 heteroatoms. The molecule has 31 heavy (non-hydrogen) atoms. The zero-order chi connectivity index (χ0) is 20.8. The molecule has 0 atom stereocenters. The Labute approximate surface area is 191 Å². The van der Waals surface area contributed by atoms with E-state index < -0.39 is 0 Å². The van der Waals surface area contributed by atoms with E-state index in [1.54, 1.807) is 12.5 Å². The molecule has 0 fully saturated rings. The van der Waals surface area contributed by atoms with Gasteiger partial charge in [-0.25, -0.2) is 4.98 Å². The first-order valence-electron chi connectivity index (χ1n) is 9.62. The van der Waals surface area contributed by atoms with Crippen molar-refractivity contribution in [2.24, 2.45) is 0 Å². The summed E-state index contributed by atoms with van der Waals surface area (Å²) in [4.78, 5) is 13.0. The summed E-state index contributed by atoms with van der Waals surface area (Å²) in [6.07, 6.45) is 3.38. The molecule has 0 saturated heterocycles. The zero-order valence-electron chi connectivity index (χ0n) is 16.7. The maximum atomic E-state index is 9.18. The Hall–Kier alpha value is -2.99. The second-order valence-corrected chi connectivity index (χ2v) is 7.06. The number of benzene rings is 2. The largest absolute Gasteiger partial charge is 0.390 e. The number of nitrogens with zero attached hydrogens (tertiary/aromatic N) is 4. The van der Waals surface area contributed by atoms with Gasteiger partial charge in [0.15, 0.2) is 0 Å². The third-order valence-electron chi connectivity index (χ3n) is 4.74. The van der Waals surface area contributed by atoms with E-state index in [-0.39, 0.29) is 19.0 Å². The van der Waals surface area contributed by atoms with Gasteiger partial charge in [0.1, 0.15) is 0 Å². The van der Waals surface area contributed by atoms with Gasteiger partial charge in [0.2, 0.25) is 0 Å². The first-order chi connectivity index (χ1) is 14.8. The van der Waals surface area contributed by atoms with Crippen LogP contribution in [0.4, 0.5) is 0 Å². The van der Waals surface area contributed by atoms with Gasteiger partial charge in [0.05, 0.1) is 59.7 Å². The number of hydrogen-bond donors (Lipinski definition) is 1. The van der Waals surface area contributed by atoms with Gasteiger partial charge in [-0.2, -0.15) is 0 Å². The molecule has 0 radical (unpaired) electrons. The second-order valence-electron chi connectivity index (χ2n) is 6.80. The highest BCUT2D eigenvalue weighted by molar-refractivity contribution is 6.16. The average molecular weight is 453 g/mol. The van der Waals surface area contributed by atoms with Gasteiger partial charge >= 0.3 is 0 Å². The van der Waals surface area contributed by atoms with E-state index in [2.05, 4.69) is 21.0 Å². The van der Waals surface area contributed by atoms with Crippen LogP contribution in [0.25, 0.3) is 21.8 Å². The lowest BCUT2D eigenvalue weighted by molar-refractivity contribution is 0.271. The maximum absolute atomic E-state index is 9.18. The van der Waals surface area contributed by atoms with Crippen molar-refractivity contribution in [3.05, 3.63) is 102 Å². The van der Waals surface area contributed by atoms with Crippen LogP contribution in [0.1, 0.15) is 17.1 Å². The molecule has 0 amide bonds. The molecule has 1 N–H and O–H groups in total. The lowest BCUT2D eigenvalue weighted by Gasteiger charge is -2.06. The van der Waals surface area contributed by atoms with Crippen molar-refractivity contribution in [2.45, 2.75) is 19.0 Å². The number of aliphatic hydroxyl groups is 1. The number of para-hydroxylation sites is 2. The zero-order valence-corrected chi connectivity index (χ0v) is 18.3. The highest BCUT2D eigenvalue weighted by Crippen LogP contribution is 2.14. The van der Waals surface area contributed by atoms with Crippen LogP contribution in [0.15, 0.2) is 85.3 Å². The molecule has 0 aliphatic rings. The summed E-state index contributed by atoms with van der Waals surface area (Å²) < 4.78 is 1.90. The minimum atomic E-state index is -0.00637. The summed E-state index contributed by atoms with van der Waals surface area (Å²) in [5.41, 5.74) is 4.68. The molecule has 0 aliphatic heterocycles. The van der Waals surface area contributed by atoms with E-state index >= 15 is 0 Å². The first-order valence-corrected chi connectivity index (χ1v) is 10.2. The van der Waals surface area contributed by atoms with Crippen LogP contribution in [-0.4, -0.2) is 24.6 Å². The van der Waals surface area contributed by atoms with Crippen LogP contribution in [0, 0.1) is 0 Å². The summed E-state index contributed by atoms with van der Waals surface area (Å²) in [5, 5.41) is 11.5. The Morgan fingerprint density at radius 2 is 1.35 bits per heavy atom. The first kappa shape index (κ1) is 22.7. The minimum Gasteiger partial charge on any atom is -0.390 e. The molecule has 0 saturated carbocycles. The van der Waals surface area contributed by atoms with Crippen molar-refractivity contribution in [2.75, 3.05) is 0 Å². The SMILES string of the molecule is Cl.ClCc1ccc2ccccc2n1.OCc1cncn1Cc1ccc2ccccc2n1. The molecule has 5 nitrogen and oxygen atoms in total. The number of aliphatic hydroxyl groups excluding tert-OH is 1. The normalized spacial score (nSPS) is 10.4. The molecule has 0 spiro atoms. The van der Waals surface area contributed by atoms with Crippen molar-refractivity contribution in [3.63, 3.8) is 0 Å². The lowest BCUT2D eigenvalue weighted by Crippen LogP contribution is -2.04. The fraction of sp³-hybridized carbons (Fsp3) is 0.125. The van der Waals surface area contributed by atoms with Gasteiger partial charge in [-0.05, 0) is 24.3 Å². The predicted molar refractivity (Wildman–Crippen MR) is 128 cm³/mol. The summed E-state index contributed by atoms with van der Waals surface area (Å²) in [5.74, 6) is 0.477. The molecule has 2 aromatic carbocycles. The van der Waals surface area contributed by atoms with Crippen molar-refractivity contribution < 1.29 is 5.11 Å². The fourth-order valence-corrected chi connectivity index (χ4v) is 3.32. The van der Waals surface area contributed by atoms with Crippen LogP contribution >= 0.6 is 24.0 Å². The number of hydrogen-bond acceptors (Lipinski definition) is 4. The van der Waals surface area contributed by atoms with Crippen LogP contribution in [0.5, 0.6) is 0 Å². The number of pyridine rings is 2. The Balaban J connectivity index is 0.000000183. The predicted octanol–water partition coefficient (Wildman–Crippen LogP) is 5.37. The number of halogens is 2. The Kier molecular flexibility index (Phi) is 7.95. The standard InChI is InChI=1S/C14H13N3O.C10H8ClN.ClH/c18-9-13-7-15-10-17(13)8-12-6-5-11-3-1-2-4-14(11)16-12;11-7-9-6-5-8-3-1-2-4-10(8)12-9;/h1-7,10,18H,8-9H2;1-6H,7H2;1H. The molecule has 0 unspecified atom stereocenters. The molecule has 3 heterocycles. The van der Waals surface area contributed by atoms with Crippen molar-refractivity contribution >= 4 is 45.8 Å². The number of alkyl halides is 1. The topological polar surface area (TPSA) is 63.8 Å². The van der Waals surface area contributed by atoms with Crippen LogP contribution in [0.3, 0.4) is 0 Å². The molecule has 3 aromatic heterocycles. The smallest absolute Gasteiger partial charge is 0.0952 e. The molecule has 5 aromatic rings. The van der Waals surface area contributed by atoms with E-state index in [0.717, 1.165) is 38.9 Å². The van der Waals surface area contributed by atoms with Gasteiger partial charge in [-0.1, -0.05) is 48.5 Å². The minimum absolute atomic E-state index is 0. The average Bonchev–Trinajstić information content (AvgIpc) is 3.26. The lowest BCUT2D eigenvalue weighted by atomic mass is 10.2. The summed E-state index contributed by atoms with van der Waals surface area (Å²) >= 11 is 5.66. The highest BCUT2D eigenvalue weighted by atomic mass is 35.5. The van der Waals surface area contributed by atoms with Crippen LogP contribution in [0.2, 0.25) is 0 Å². The van der Waals surface area contributed by atoms with Crippen molar-refractivity contribution in [1.82, 2.24) is 19.5 Å². The van der Waals surface area contributed by atoms with Crippen LogP contribution in [-0.2, 0) is 19.0 Å². The van der Waals surface area contributed by atoms with Gasteiger partial charge in [0, 0.05) is 10.8 Å². The molecule has 0 bridgehead atoms. The quantitative estimate of drug-likeness (QED) is 0.372. The monoisotopic (exact) mass is 452 g/mol. The van der Waals surface area contributed by atoms with E-state index in [9.17, 15) is 5.11 Å². The van der Waals surface area contributed by atoms with Crippen LogP contribution < -0.4 is 0 Å². The van der Waals surface area contributed by atoms with E-state index in [0.29, 0.717) is 12.4 Å². The Morgan fingerprint density at radius 3 is 1.97 bits per heavy atom. The molecule has 5 rings (SSSR count). The number of imidazole rings is 1. The third-order valence-corrected chi connectivity index (χ3v) is 5.02. The van der Waals surface area contributed by atoms with Crippen molar-refractivity contribution in [3.8, 4) is 0 Å². The van der Waals surface area contributed by atoms with Gasteiger partial charge in [-0.15, -0.1) is 24.0 Å². The summed E-state index contributed by atoms with van der Waals surface area (Å²) in [6.45, 7) is 0.619. The third kappa shape index (κ3) is 5.58. The number of rotatable bonds is 4. The van der Waals surface area contributed by atoms with Gasteiger partial charge in [-0.3, -0.25) is 9.97 Å². The van der Waals surface area contributed by atoms with E-state index in [1.165, 1.54) is 0 Å². The summed E-state index contributed by atoms with van der Waals surface area (Å²) in [7, 11) is 0. The second kappa shape index (κ2) is 10.9. The number of aromatic nitrogens is 4. The van der Waals surface area contributed by atoms with E-state index in [4.69, 9.17) is 11.6 Å². The molecule has 0 aliphatic carbocycles. The Morgan fingerprint density at radius 1 is 0.774 bits per heavy atom. The summed E-state index contributed by atoms with van der Waals surface area (Å²) in [6, 6.07) is 24.1. The van der Waals surface area contributed by atoms with Crippen molar-refractivity contribution in [1.29, 1.82) is 0 Å². The molecule has 158 valence electrons. The maximum Gasteiger partial charge on any atom is 0.0952 e. The van der Waals surface area contributed by atoms with E-state index in [1.807, 2.05) is 71.3 Å². The molecular weight excluding hydrogens is 431 g/mol. The van der Waals surface area contributed by atoms with Gasteiger partial charge < -0.3 is 9.67 Å². The highest BCUT2D eigenvalue weighted by Gasteiger charge is 2.03. The Bertz CT molecular complexity index is 1270. The number of fused-ring (bicyclic) bond motifs is 2. The fourth-order valence-electron chi connectivity index (χ4n) is 3.18. The van der Waals surface area contributed by atoms with Gasteiger partial charge in [0.25, 0.3) is 0 Å².